The highest BCUT2D eigenvalue weighted by Gasteiger charge is 2.15. The van der Waals surface area contributed by atoms with Gasteiger partial charge < -0.3 is 31.0 Å². The Morgan fingerprint density at radius 3 is 2.26 bits per heavy atom. The average Bonchev–Trinajstić information content (AvgIpc) is 2.57. The van der Waals surface area contributed by atoms with E-state index in [1.165, 1.54) is 0 Å². The molecule has 0 saturated heterocycles. The molecule has 1 atom stereocenters. The van der Waals surface area contributed by atoms with Gasteiger partial charge >= 0.3 is 6.09 Å². The second-order valence-electron chi connectivity index (χ2n) is 6.86. The molecule has 0 aromatic rings. The van der Waals surface area contributed by atoms with Crippen molar-refractivity contribution in [3.8, 4) is 0 Å². The number of nitrogens with one attached hydrogen (secondary N) is 2. The first-order valence-corrected chi connectivity index (χ1v) is 9.26. The summed E-state index contributed by atoms with van der Waals surface area (Å²) in [5, 5.41) is 2.72. The first-order chi connectivity index (χ1) is 12.8. The molecule has 27 heavy (non-hydrogen) atoms. The Kier molecular flexibility index (Phi) is 14.7. The van der Waals surface area contributed by atoms with Crippen molar-refractivity contribution < 1.29 is 28.6 Å². The third-order valence-corrected chi connectivity index (χ3v) is 3.11. The van der Waals surface area contributed by atoms with Crippen LogP contribution in [0.4, 0.5) is 4.79 Å². The van der Waals surface area contributed by atoms with Gasteiger partial charge in [0.2, 0.25) is 5.91 Å². The third kappa shape index (κ3) is 17.7. The predicted octanol–water partition coefficient (Wildman–Crippen LogP) is 0.0484. The van der Waals surface area contributed by atoms with Crippen LogP contribution in [-0.4, -0.2) is 69.8 Å². The molecule has 0 heterocycles. The number of nitrogens with two attached hydrogens (primary N) is 2. The van der Waals surface area contributed by atoms with E-state index in [1.807, 2.05) is 0 Å². The van der Waals surface area contributed by atoms with Crippen LogP contribution in [0.5, 0.6) is 0 Å². The highest BCUT2D eigenvalue weighted by molar-refractivity contribution is 5.81. The Hall–Kier alpha value is -1.46. The van der Waals surface area contributed by atoms with Crippen LogP contribution in [0, 0.1) is 0 Å². The maximum atomic E-state index is 11.7. The fourth-order valence-corrected chi connectivity index (χ4v) is 1.85. The molecular weight excluding hydrogens is 356 g/mol. The van der Waals surface area contributed by atoms with Crippen LogP contribution in [0.15, 0.2) is 0 Å². The van der Waals surface area contributed by atoms with Crippen molar-refractivity contribution in [3.63, 3.8) is 0 Å². The lowest BCUT2D eigenvalue weighted by atomic mass is 10.1. The fraction of sp³-hybridized carbons (Fsp3) is 0.882. The zero-order valence-corrected chi connectivity index (χ0v) is 16.8. The van der Waals surface area contributed by atoms with Crippen molar-refractivity contribution in [1.82, 2.24) is 10.8 Å². The maximum absolute atomic E-state index is 11.7. The fourth-order valence-electron chi connectivity index (χ4n) is 1.85. The van der Waals surface area contributed by atoms with Gasteiger partial charge in [-0.2, -0.15) is 5.48 Å². The van der Waals surface area contributed by atoms with E-state index >= 15 is 0 Å². The molecule has 0 spiro atoms. The van der Waals surface area contributed by atoms with Gasteiger partial charge in [0, 0.05) is 6.54 Å². The summed E-state index contributed by atoms with van der Waals surface area (Å²) >= 11 is 0. The van der Waals surface area contributed by atoms with E-state index < -0.39 is 17.7 Å². The van der Waals surface area contributed by atoms with Crippen LogP contribution in [0.2, 0.25) is 0 Å². The minimum absolute atomic E-state index is 0.179. The molecule has 0 bridgehead atoms. The van der Waals surface area contributed by atoms with Crippen molar-refractivity contribution in [1.29, 1.82) is 0 Å². The average molecular weight is 392 g/mol. The molecule has 0 rings (SSSR count). The summed E-state index contributed by atoms with van der Waals surface area (Å²) in [5.74, 6) is -0.179. The van der Waals surface area contributed by atoms with Gasteiger partial charge in [0.25, 0.3) is 0 Å². The number of unbranched alkanes of at least 4 members (excludes halogenated alkanes) is 1. The standard InChI is InChI=1S/C17H36N4O6/c1-17(2,3)27-16(23)21-26-13-12-25-11-10-24-9-8-20-15(22)14(19)6-4-5-7-18/h14H,4-13,18-19H2,1-3H3,(H,20,22)(H,21,23)/t14-/m1/s1. The van der Waals surface area contributed by atoms with E-state index in [9.17, 15) is 9.59 Å². The first kappa shape index (κ1) is 25.5. The molecule has 10 nitrogen and oxygen atoms in total. The normalized spacial score (nSPS) is 12.5. The number of hydrogen-bond donors (Lipinski definition) is 4. The number of rotatable bonds is 15. The second-order valence-corrected chi connectivity index (χ2v) is 6.86. The highest BCUT2D eigenvalue weighted by Crippen LogP contribution is 2.06. The molecule has 10 heteroatoms. The van der Waals surface area contributed by atoms with E-state index in [2.05, 4.69) is 10.8 Å². The summed E-state index contributed by atoms with van der Waals surface area (Å²) in [5.41, 5.74) is 12.8. The summed E-state index contributed by atoms with van der Waals surface area (Å²) in [6, 6.07) is -0.505. The number of hydroxylamine groups is 1. The molecule has 0 unspecified atom stereocenters. The Morgan fingerprint density at radius 1 is 1.00 bits per heavy atom. The minimum Gasteiger partial charge on any atom is -0.442 e. The largest absolute Gasteiger partial charge is 0.442 e. The van der Waals surface area contributed by atoms with Gasteiger partial charge in [-0.1, -0.05) is 6.42 Å². The topological polar surface area (TPSA) is 147 Å². The number of ether oxygens (including phenoxy) is 3. The molecule has 0 saturated carbocycles. The second kappa shape index (κ2) is 15.6. The molecule has 6 N–H and O–H groups in total. The molecule has 160 valence electrons. The van der Waals surface area contributed by atoms with Crippen LogP contribution < -0.4 is 22.3 Å². The Balaban J connectivity index is 3.38. The summed E-state index contributed by atoms with van der Waals surface area (Å²) in [7, 11) is 0. The zero-order valence-electron chi connectivity index (χ0n) is 16.8. The molecule has 2 amide bonds. The summed E-state index contributed by atoms with van der Waals surface area (Å²) in [4.78, 5) is 27.9. The van der Waals surface area contributed by atoms with Gasteiger partial charge in [0.05, 0.1) is 39.1 Å². The van der Waals surface area contributed by atoms with Crippen LogP contribution in [-0.2, 0) is 23.8 Å². The monoisotopic (exact) mass is 392 g/mol. The van der Waals surface area contributed by atoms with Gasteiger partial charge in [-0.15, -0.1) is 0 Å². The summed E-state index contributed by atoms with van der Waals surface area (Å²) in [6.07, 6.45) is 1.69. The van der Waals surface area contributed by atoms with Crippen molar-refractivity contribution in [2.75, 3.05) is 46.1 Å². The molecule has 0 radical (unpaired) electrons. The quantitative estimate of drug-likeness (QED) is 0.226. The van der Waals surface area contributed by atoms with Crippen molar-refractivity contribution >= 4 is 12.0 Å². The van der Waals surface area contributed by atoms with Gasteiger partial charge in [-0.3, -0.25) is 9.63 Å². The van der Waals surface area contributed by atoms with Gasteiger partial charge in [0.15, 0.2) is 0 Å². The minimum atomic E-state index is -0.646. The van der Waals surface area contributed by atoms with E-state index in [-0.39, 0.29) is 12.5 Å². The lowest BCUT2D eigenvalue weighted by Crippen LogP contribution is -2.41. The van der Waals surface area contributed by atoms with Gasteiger partial charge in [-0.25, -0.2) is 4.79 Å². The van der Waals surface area contributed by atoms with E-state index in [4.69, 9.17) is 30.5 Å². The van der Waals surface area contributed by atoms with E-state index in [0.717, 1.165) is 12.8 Å². The van der Waals surface area contributed by atoms with Crippen LogP contribution in [0.1, 0.15) is 40.0 Å². The molecule has 0 aromatic carbocycles. The number of carbonyl (C=O) groups is 2. The molecule has 0 fully saturated rings. The van der Waals surface area contributed by atoms with Crippen molar-refractivity contribution in [2.24, 2.45) is 11.5 Å². The van der Waals surface area contributed by atoms with Crippen molar-refractivity contribution in [3.05, 3.63) is 0 Å². The van der Waals surface area contributed by atoms with Crippen LogP contribution in [0.3, 0.4) is 0 Å². The lowest BCUT2D eigenvalue weighted by Gasteiger charge is -2.19. The molecular formula is C17H36N4O6. The molecule has 0 aliphatic carbocycles. The molecule has 0 aromatic heterocycles. The third-order valence-electron chi connectivity index (χ3n) is 3.11. The van der Waals surface area contributed by atoms with E-state index in [0.29, 0.717) is 45.9 Å². The Labute approximate surface area is 161 Å². The predicted molar refractivity (Wildman–Crippen MR) is 101 cm³/mol. The summed E-state index contributed by atoms with van der Waals surface area (Å²) in [6.45, 7) is 7.92. The lowest BCUT2D eigenvalue weighted by molar-refractivity contribution is -0.122. The van der Waals surface area contributed by atoms with Crippen molar-refractivity contribution in [2.45, 2.75) is 51.7 Å². The Bertz CT molecular complexity index is 403. The first-order valence-electron chi connectivity index (χ1n) is 9.26. The van der Waals surface area contributed by atoms with Crippen LogP contribution in [0.25, 0.3) is 0 Å². The van der Waals surface area contributed by atoms with Gasteiger partial charge in [0.1, 0.15) is 5.60 Å². The number of amides is 2. The van der Waals surface area contributed by atoms with Gasteiger partial charge in [-0.05, 0) is 40.2 Å². The summed E-state index contributed by atoms with van der Waals surface area (Å²) < 4.78 is 15.6. The number of hydrogen-bond acceptors (Lipinski definition) is 8. The Morgan fingerprint density at radius 2 is 1.63 bits per heavy atom. The smallest absolute Gasteiger partial charge is 0.431 e. The number of carbonyl (C=O) groups excluding carboxylic acids is 2. The SMILES string of the molecule is CC(C)(C)OC(=O)NOCCOCCOCCNC(=O)[C@H](N)CCCCN. The zero-order chi connectivity index (χ0) is 20.5. The van der Waals surface area contributed by atoms with E-state index in [1.54, 1.807) is 20.8 Å². The highest BCUT2D eigenvalue weighted by atomic mass is 16.7. The maximum Gasteiger partial charge on any atom is 0.431 e. The van der Waals surface area contributed by atoms with Crippen LogP contribution >= 0.6 is 0 Å². The molecule has 0 aliphatic rings. The molecule has 0 aliphatic heterocycles.